The maximum Gasteiger partial charge on any atom is 0.0558 e. The van der Waals surface area contributed by atoms with Crippen molar-refractivity contribution in [1.29, 1.82) is 0 Å². The normalized spacial score (nSPS) is 10.8. The van der Waals surface area contributed by atoms with Crippen LogP contribution in [0.1, 0.15) is 5.56 Å². The monoisotopic (exact) mass is 245 g/mol. The van der Waals surface area contributed by atoms with Crippen molar-refractivity contribution < 1.29 is 0 Å². The van der Waals surface area contributed by atoms with E-state index in [4.69, 9.17) is 23.2 Å². The van der Waals surface area contributed by atoms with Crippen LogP contribution in [-0.2, 0) is 0 Å². The summed E-state index contributed by atoms with van der Waals surface area (Å²) >= 11 is 11.3. The van der Waals surface area contributed by atoms with E-state index in [9.17, 15) is 0 Å². The summed E-state index contributed by atoms with van der Waals surface area (Å²) in [6, 6.07) is 3.81. The van der Waals surface area contributed by atoms with Crippen LogP contribution in [0, 0.1) is 0 Å². The number of aromatic nitrogens is 1. The minimum absolute atomic E-state index is 0.543. The number of alkyl halides is 2. The Morgan fingerprint density at radius 1 is 1.33 bits per heavy atom. The lowest BCUT2D eigenvalue weighted by Crippen LogP contribution is -2.22. The van der Waals surface area contributed by atoms with Gasteiger partial charge < -0.3 is 0 Å². The molecular weight excluding hydrogens is 233 g/mol. The molecule has 3 nitrogen and oxygen atoms in total. The van der Waals surface area contributed by atoms with Crippen molar-refractivity contribution >= 4 is 29.4 Å². The molecule has 0 saturated carbocycles. The molecule has 1 heterocycles. The van der Waals surface area contributed by atoms with Crippen molar-refractivity contribution in [2.75, 3.05) is 24.8 Å². The van der Waals surface area contributed by atoms with Gasteiger partial charge in [-0.2, -0.15) is 5.10 Å². The molecule has 1 aromatic heterocycles. The van der Waals surface area contributed by atoms with Crippen LogP contribution in [0.15, 0.2) is 29.6 Å². The van der Waals surface area contributed by atoms with Gasteiger partial charge in [0.2, 0.25) is 0 Å². The minimum Gasteiger partial charge on any atom is -0.295 e. The van der Waals surface area contributed by atoms with Gasteiger partial charge in [-0.25, -0.2) is 0 Å². The highest BCUT2D eigenvalue weighted by Gasteiger charge is 1.97. The summed E-state index contributed by atoms with van der Waals surface area (Å²) in [5.74, 6) is 1.09. The van der Waals surface area contributed by atoms with Crippen LogP contribution < -0.4 is 0 Å². The second kappa shape index (κ2) is 7.49. The first-order valence-electron chi connectivity index (χ1n) is 4.67. The topological polar surface area (TPSA) is 28.5 Å². The lowest BCUT2D eigenvalue weighted by atomic mass is 10.3. The molecule has 5 heteroatoms. The average Bonchev–Trinajstić information content (AvgIpc) is 2.28. The Bertz CT molecular complexity index is 284. The Morgan fingerprint density at radius 3 is 2.60 bits per heavy atom. The van der Waals surface area contributed by atoms with Crippen LogP contribution in [0.3, 0.4) is 0 Å². The van der Waals surface area contributed by atoms with Crippen molar-refractivity contribution in [2.45, 2.75) is 0 Å². The maximum atomic E-state index is 5.64. The molecule has 0 radical (unpaired) electrons. The van der Waals surface area contributed by atoms with Crippen LogP contribution in [0.25, 0.3) is 0 Å². The van der Waals surface area contributed by atoms with Crippen molar-refractivity contribution in [3.05, 3.63) is 30.1 Å². The first kappa shape index (κ1) is 12.3. The number of hydrogen-bond acceptors (Lipinski definition) is 3. The zero-order valence-corrected chi connectivity index (χ0v) is 9.82. The minimum atomic E-state index is 0.543. The Hall–Kier alpha value is -0.800. The van der Waals surface area contributed by atoms with Gasteiger partial charge in [0.25, 0.3) is 0 Å². The summed E-state index contributed by atoms with van der Waals surface area (Å²) in [6.07, 6.45) is 5.24. The molecule has 0 aliphatic carbocycles. The smallest absolute Gasteiger partial charge is 0.0558 e. The molecular formula is C10H13Cl2N3. The van der Waals surface area contributed by atoms with E-state index in [-0.39, 0.29) is 0 Å². The highest BCUT2D eigenvalue weighted by Crippen LogP contribution is 1.95. The standard InChI is InChI=1S/C10H13Cl2N3/c11-3-6-15(7-4-12)14-9-10-2-1-5-13-8-10/h1-2,5,8-9H,3-4,6-7H2/b14-9-. The molecule has 0 N–H and O–H groups in total. The molecule has 0 spiro atoms. The van der Waals surface area contributed by atoms with Crippen molar-refractivity contribution in [3.8, 4) is 0 Å². The van der Waals surface area contributed by atoms with E-state index in [2.05, 4.69) is 10.1 Å². The van der Waals surface area contributed by atoms with E-state index < -0.39 is 0 Å². The van der Waals surface area contributed by atoms with E-state index in [0.29, 0.717) is 24.8 Å². The third-order valence-corrected chi connectivity index (χ3v) is 2.08. The molecule has 1 aromatic rings. The van der Waals surface area contributed by atoms with Crippen molar-refractivity contribution in [2.24, 2.45) is 5.10 Å². The first-order chi connectivity index (χ1) is 7.36. The Morgan fingerprint density at radius 2 is 2.07 bits per heavy atom. The molecule has 1 rings (SSSR count). The fourth-order valence-electron chi connectivity index (χ4n) is 1.02. The molecule has 0 atom stereocenters. The summed E-state index contributed by atoms with van der Waals surface area (Å²) in [6.45, 7) is 1.40. The van der Waals surface area contributed by atoms with Crippen LogP contribution in [0.2, 0.25) is 0 Å². The highest BCUT2D eigenvalue weighted by molar-refractivity contribution is 6.18. The predicted octanol–water partition coefficient (Wildman–Crippen LogP) is 2.20. The quantitative estimate of drug-likeness (QED) is 0.437. The van der Waals surface area contributed by atoms with E-state index in [0.717, 1.165) is 5.56 Å². The zero-order chi connectivity index (χ0) is 10.9. The summed E-state index contributed by atoms with van der Waals surface area (Å²) in [7, 11) is 0. The molecule has 0 aliphatic rings. The van der Waals surface area contributed by atoms with Crippen molar-refractivity contribution in [1.82, 2.24) is 9.99 Å². The predicted molar refractivity (Wildman–Crippen MR) is 64.8 cm³/mol. The van der Waals surface area contributed by atoms with Gasteiger partial charge in [-0.1, -0.05) is 6.07 Å². The van der Waals surface area contributed by atoms with Crippen LogP contribution in [-0.4, -0.2) is 41.1 Å². The molecule has 15 heavy (non-hydrogen) atoms. The average molecular weight is 246 g/mol. The molecule has 0 aromatic carbocycles. The molecule has 0 fully saturated rings. The lowest BCUT2D eigenvalue weighted by molar-refractivity contribution is 0.327. The second-order valence-corrected chi connectivity index (χ2v) is 3.62. The number of hydrazone groups is 1. The largest absolute Gasteiger partial charge is 0.295 e. The second-order valence-electron chi connectivity index (χ2n) is 2.86. The Labute approximate surface area is 99.7 Å². The van der Waals surface area contributed by atoms with Gasteiger partial charge >= 0.3 is 0 Å². The van der Waals surface area contributed by atoms with E-state index in [1.165, 1.54) is 0 Å². The maximum absolute atomic E-state index is 5.64. The zero-order valence-electron chi connectivity index (χ0n) is 8.31. The van der Waals surface area contributed by atoms with Crippen molar-refractivity contribution in [3.63, 3.8) is 0 Å². The SMILES string of the molecule is ClCCN(CCCl)/N=C\c1cccnc1. The number of pyridine rings is 1. The summed E-state index contributed by atoms with van der Waals surface area (Å²) in [4.78, 5) is 3.99. The van der Waals surface area contributed by atoms with Gasteiger partial charge in [-0.05, 0) is 6.07 Å². The highest BCUT2D eigenvalue weighted by atomic mass is 35.5. The third kappa shape index (κ3) is 5.00. The fraction of sp³-hybridized carbons (Fsp3) is 0.400. The van der Waals surface area contributed by atoms with E-state index in [1.807, 2.05) is 17.1 Å². The number of rotatable bonds is 6. The number of nitrogens with zero attached hydrogens (tertiary/aromatic N) is 3. The van der Waals surface area contributed by atoms with E-state index >= 15 is 0 Å². The molecule has 0 unspecified atom stereocenters. The van der Waals surface area contributed by atoms with Crippen LogP contribution in [0.5, 0.6) is 0 Å². The Kier molecular flexibility index (Phi) is 6.12. The first-order valence-corrected chi connectivity index (χ1v) is 5.74. The molecule has 82 valence electrons. The third-order valence-electron chi connectivity index (χ3n) is 1.74. The summed E-state index contributed by atoms with van der Waals surface area (Å²) in [5, 5.41) is 6.11. The summed E-state index contributed by atoms with van der Waals surface area (Å²) in [5.41, 5.74) is 0.964. The molecule has 0 aliphatic heterocycles. The van der Waals surface area contributed by atoms with Gasteiger partial charge in [0.1, 0.15) is 0 Å². The molecule has 0 saturated heterocycles. The number of hydrogen-bond donors (Lipinski definition) is 0. The van der Waals surface area contributed by atoms with Gasteiger partial charge in [0.05, 0.1) is 6.21 Å². The van der Waals surface area contributed by atoms with E-state index in [1.54, 1.807) is 18.6 Å². The summed E-state index contributed by atoms with van der Waals surface area (Å²) < 4.78 is 0. The van der Waals surface area contributed by atoms with Crippen LogP contribution in [0.4, 0.5) is 0 Å². The fourth-order valence-corrected chi connectivity index (χ4v) is 1.41. The van der Waals surface area contributed by atoms with Gasteiger partial charge in [-0.3, -0.25) is 9.99 Å². The lowest BCUT2D eigenvalue weighted by Gasteiger charge is -2.15. The van der Waals surface area contributed by atoms with Gasteiger partial charge in [-0.15, -0.1) is 23.2 Å². The molecule has 0 amide bonds. The Balaban J connectivity index is 2.53. The van der Waals surface area contributed by atoms with Gasteiger partial charge in [0, 0.05) is 42.8 Å². The molecule has 0 bridgehead atoms. The van der Waals surface area contributed by atoms with Gasteiger partial charge in [0.15, 0.2) is 0 Å². The van der Waals surface area contributed by atoms with Crippen LogP contribution >= 0.6 is 23.2 Å². The number of halogens is 2.